The van der Waals surface area contributed by atoms with Gasteiger partial charge in [0.25, 0.3) is 0 Å². The molecule has 0 atom stereocenters. The molecular formula is C54H33FN4. The minimum Gasteiger partial charge on any atom is -0.309 e. The van der Waals surface area contributed by atoms with Crippen LogP contribution in [0, 0.1) is 5.82 Å². The van der Waals surface area contributed by atoms with E-state index < -0.39 is 0 Å². The second-order valence-electron chi connectivity index (χ2n) is 15.5. The molecule has 4 heterocycles. The molecule has 13 aromatic rings. The highest BCUT2D eigenvalue weighted by Gasteiger charge is 2.22. The van der Waals surface area contributed by atoms with E-state index in [1.54, 1.807) is 12.1 Å². The van der Waals surface area contributed by atoms with Crippen molar-refractivity contribution in [3.05, 3.63) is 206 Å². The van der Waals surface area contributed by atoms with Crippen LogP contribution < -0.4 is 0 Å². The van der Waals surface area contributed by atoms with Gasteiger partial charge in [-0.05, 0) is 91.0 Å². The number of benzene rings is 9. The molecule has 276 valence electrons. The lowest BCUT2D eigenvalue weighted by molar-refractivity contribution is 0.626. The van der Waals surface area contributed by atoms with E-state index in [1.807, 2.05) is 0 Å². The number of nitrogens with zero attached hydrogens (tertiary/aromatic N) is 4. The van der Waals surface area contributed by atoms with Gasteiger partial charge in [-0.15, -0.1) is 0 Å². The van der Waals surface area contributed by atoms with Crippen molar-refractivity contribution in [2.75, 3.05) is 0 Å². The number of halogens is 1. The SMILES string of the molecule is Fc1cc(-n2c3ccccc3c3cc4c5ccccc5n(-c5ccccc5)c4cc32)cc(-n2c3ccccc3c3cc4c5ccccc5n(-c5ccccc5)c4cc32)c1. The molecule has 5 heteroatoms. The van der Waals surface area contributed by atoms with Crippen LogP contribution in [0.5, 0.6) is 0 Å². The molecule has 0 saturated heterocycles. The van der Waals surface area contributed by atoms with Gasteiger partial charge in [-0.25, -0.2) is 4.39 Å². The van der Waals surface area contributed by atoms with Crippen molar-refractivity contribution >= 4 is 87.2 Å². The van der Waals surface area contributed by atoms with Crippen LogP contribution in [0.2, 0.25) is 0 Å². The molecule has 4 nitrogen and oxygen atoms in total. The Bertz CT molecular complexity index is 3600. The Morgan fingerprint density at radius 1 is 0.220 bits per heavy atom. The maximum atomic E-state index is 16.5. The Hall–Kier alpha value is -7.89. The maximum absolute atomic E-state index is 16.5. The minimum atomic E-state index is -0.298. The molecule has 0 amide bonds. The van der Waals surface area contributed by atoms with Gasteiger partial charge in [-0.2, -0.15) is 0 Å². The van der Waals surface area contributed by atoms with Gasteiger partial charge in [0.05, 0.1) is 55.5 Å². The Balaban J connectivity index is 1.11. The third-order valence-electron chi connectivity index (χ3n) is 12.3. The zero-order valence-electron chi connectivity index (χ0n) is 31.7. The topological polar surface area (TPSA) is 19.7 Å². The Kier molecular flexibility index (Phi) is 6.59. The third kappa shape index (κ3) is 4.52. The summed E-state index contributed by atoms with van der Waals surface area (Å²) in [6, 6.07) is 70.0. The largest absolute Gasteiger partial charge is 0.309 e. The second kappa shape index (κ2) is 12.1. The van der Waals surface area contributed by atoms with Crippen LogP contribution in [0.4, 0.5) is 4.39 Å². The highest BCUT2D eigenvalue weighted by Crippen LogP contribution is 2.42. The van der Waals surface area contributed by atoms with E-state index in [2.05, 4.69) is 206 Å². The second-order valence-corrected chi connectivity index (χ2v) is 15.5. The van der Waals surface area contributed by atoms with E-state index in [1.165, 1.54) is 21.5 Å². The molecular weight excluding hydrogens is 724 g/mol. The lowest BCUT2D eigenvalue weighted by Gasteiger charge is -2.14. The van der Waals surface area contributed by atoms with Crippen LogP contribution in [-0.2, 0) is 0 Å². The standard InChI is InChI=1S/C54H33FN4/c55-34-27-37(58-49-25-13-9-21-41(49)45-30-43-39-19-7-11-23-47(39)56(51(43)32-53(45)58)35-15-3-1-4-16-35)29-38(28-34)59-50-26-14-10-22-42(50)46-31-44-40-20-8-12-24-48(40)57(52(44)33-54(46)59)36-17-5-2-6-18-36/h1-33H. The average Bonchev–Trinajstić information content (AvgIpc) is 3.99. The van der Waals surface area contributed by atoms with Gasteiger partial charge >= 0.3 is 0 Å². The molecule has 0 bridgehead atoms. The van der Waals surface area contributed by atoms with E-state index in [4.69, 9.17) is 0 Å². The summed E-state index contributed by atoms with van der Waals surface area (Å²) in [6.07, 6.45) is 0. The normalized spacial score (nSPS) is 12.2. The first kappa shape index (κ1) is 32.2. The summed E-state index contributed by atoms with van der Waals surface area (Å²) >= 11 is 0. The van der Waals surface area contributed by atoms with Crippen molar-refractivity contribution in [3.8, 4) is 22.7 Å². The molecule has 9 aromatic carbocycles. The molecule has 0 N–H and O–H groups in total. The lowest BCUT2D eigenvalue weighted by atomic mass is 10.1. The third-order valence-corrected chi connectivity index (χ3v) is 12.3. The molecule has 13 rings (SSSR count). The number of hydrogen-bond acceptors (Lipinski definition) is 0. The van der Waals surface area contributed by atoms with E-state index in [9.17, 15) is 0 Å². The van der Waals surface area contributed by atoms with Crippen LogP contribution in [0.25, 0.3) is 110 Å². The summed E-state index contributed by atoms with van der Waals surface area (Å²) in [5.41, 5.74) is 12.3. The average molecular weight is 757 g/mol. The smallest absolute Gasteiger partial charge is 0.127 e. The van der Waals surface area contributed by atoms with Crippen LogP contribution in [0.15, 0.2) is 200 Å². The number of hydrogen-bond donors (Lipinski definition) is 0. The van der Waals surface area contributed by atoms with E-state index in [-0.39, 0.29) is 5.82 Å². The van der Waals surface area contributed by atoms with Gasteiger partial charge in [0.2, 0.25) is 0 Å². The fourth-order valence-electron chi connectivity index (χ4n) is 9.95. The molecule has 59 heavy (non-hydrogen) atoms. The molecule has 0 fully saturated rings. The molecule has 0 aliphatic heterocycles. The number of aromatic nitrogens is 4. The van der Waals surface area contributed by atoms with Crippen molar-refractivity contribution in [3.63, 3.8) is 0 Å². The van der Waals surface area contributed by atoms with Gasteiger partial charge in [-0.1, -0.05) is 109 Å². The lowest BCUT2D eigenvalue weighted by Crippen LogP contribution is -2.01. The van der Waals surface area contributed by atoms with Gasteiger partial charge in [0.15, 0.2) is 0 Å². The summed E-state index contributed by atoms with van der Waals surface area (Å²) in [6.45, 7) is 0. The quantitative estimate of drug-likeness (QED) is 0.170. The van der Waals surface area contributed by atoms with Crippen molar-refractivity contribution in [2.45, 2.75) is 0 Å². The number of para-hydroxylation sites is 6. The van der Waals surface area contributed by atoms with Crippen LogP contribution in [0.1, 0.15) is 0 Å². The van der Waals surface area contributed by atoms with Crippen molar-refractivity contribution < 1.29 is 4.39 Å². The summed E-state index contributed by atoms with van der Waals surface area (Å²) in [5.74, 6) is -0.298. The molecule has 0 saturated carbocycles. The first-order valence-electron chi connectivity index (χ1n) is 20.0. The molecule has 0 aliphatic carbocycles. The summed E-state index contributed by atoms with van der Waals surface area (Å²) in [7, 11) is 0. The Labute approximate surface area is 337 Å². The van der Waals surface area contributed by atoms with Gasteiger partial charge in [0, 0.05) is 54.5 Å². The molecule has 0 aliphatic rings. The Morgan fingerprint density at radius 2 is 0.508 bits per heavy atom. The summed E-state index contributed by atoms with van der Waals surface area (Å²) in [4.78, 5) is 0. The van der Waals surface area contributed by atoms with E-state index >= 15 is 4.39 Å². The van der Waals surface area contributed by atoms with Crippen molar-refractivity contribution in [1.82, 2.24) is 18.3 Å². The zero-order chi connectivity index (χ0) is 38.8. The monoisotopic (exact) mass is 756 g/mol. The maximum Gasteiger partial charge on any atom is 0.127 e. The zero-order valence-corrected chi connectivity index (χ0v) is 31.7. The predicted octanol–water partition coefficient (Wildman–Crippen LogP) is 14.2. The fourth-order valence-corrected chi connectivity index (χ4v) is 9.95. The molecule has 4 aromatic heterocycles. The van der Waals surface area contributed by atoms with Crippen LogP contribution in [0.3, 0.4) is 0 Å². The first-order valence-corrected chi connectivity index (χ1v) is 20.0. The summed E-state index contributed by atoms with van der Waals surface area (Å²) in [5, 5.41) is 9.27. The fraction of sp³-hybridized carbons (Fsp3) is 0. The summed E-state index contributed by atoms with van der Waals surface area (Å²) < 4.78 is 25.7. The van der Waals surface area contributed by atoms with Crippen LogP contribution in [-0.4, -0.2) is 18.3 Å². The molecule has 0 unspecified atom stereocenters. The van der Waals surface area contributed by atoms with Crippen LogP contribution >= 0.6 is 0 Å². The highest BCUT2D eigenvalue weighted by atomic mass is 19.1. The van der Waals surface area contributed by atoms with Gasteiger partial charge in [0.1, 0.15) is 5.82 Å². The van der Waals surface area contributed by atoms with Crippen molar-refractivity contribution in [2.24, 2.45) is 0 Å². The van der Waals surface area contributed by atoms with Crippen molar-refractivity contribution in [1.29, 1.82) is 0 Å². The van der Waals surface area contributed by atoms with E-state index in [0.717, 1.165) is 88.4 Å². The minimum absolute atomic E-state index is 0.298. The molecule has 0 radical (unpaired) electrons. The number of fused-ring (bicyclic) bond motifs is 12. The molecule has 0 spiro atoms. The van der Waals surface area contributed by atoms with Gasteiger partial charge < -0.3 is 18.3 Å². The van der Waals surface area contributed by atoms with E-state index in [0.29, 0.717) is 0 Å². The number of rotatable bonds is 4. The first-order chi connectivity index (χ1) is 29.2. The Morgan fingerprint density at radius 3 is 0.847 bits per heavy atom. The predicted molar refractivity (Wildman–Crippen MR) is 244 cm³/mol. The van der Waals surface area contributed by atoms with Gasteiger partial charge in [-0.3, -0.25) is 0 Å². The highest BCUT2D eigenvalue weighted by molar-refractivity contribution is 6.21.